The Balaban J connectivity index is 1.42. The molecule has 0 saturated carbocycles. The van der Waals surface area contributed by atoms with Crippen molar-refractivity contribution in [3.05, 3.63) is 74.5 Å². The highest BCUT2D eigenvalue weighted by atomic mass is 16.5. The van der Waals surface area contributed by atoms with Gasteiger partial charge < -0.3 is 23.9 Å². The van der Waals surface area contributed by atoms with E-state index < -0.39 is 5.91 Å². The molecule has 0 unspecified atom stereocenters. The Morgan fingerprint density at radius 3 is 2.73 bits per heavy atom. The lowest BCUT2D eigenvalue weighted by Crippen LogP contribution is -2.45. The normalized spacial score (nSPS) is 13.2. The SMILES string of the molecule is COc1cn2c(cc1=O)C(=O)N(CCNC(=O)c1cc(=O)c3ccccc3o1)CC2. The summed E-state index contributed by atoms with van der Waals surface area (Å²) in [6.07, 6.45) is 1.52. The molecule has 9 heteroatoms. The summed E-state index contributed by atoms with van der Waals surface area (Å²) < 4.78 is 12.2. The molecule has 3 heterocycles. The van der Waals surface area contributed by atoms with E-state index in [0.29, 0.717) is 24.1 Å². The maximum atomic E-state index is 12.7. The molecule has 1 N–H and O–H groups in total. The average molecular weight is 409 g/mol. The summed E-state index contributed by atoms with van der Waals surface area (Å²) >= 11 is 0. The van der Waals surface area contributed by atoms with Gasteiger partial charge in [-0.15, -0.1) is 0 Å². The number of fused-ring (bicyclic) bond motifs is 2. The molecule has 1 aliphatic rings. The number of nitrogens with zero attached hydrogens (tertiary/aromatic N) is 2. The zero-order valence-electron chi connectivity index (χ0n) is 16.2. The van der Waals surface area contributed by atoms with Crippen LogP contribution in [-0.2, 0) is 6.54 Å². The number of benzene rings is 1. The highest BCUT2D eigenvalue weighted by Crippen LogP contribution is 2.14. The number of methoxy groups -OCH3 is 1. The molecule has 0 radical (unpaired) electrons. The number of aromatic nitrogens is 1. The highest BCUT2D eigenvalue weighted by Gasteiger charge is 2.25. The molecule has 30 heavy (non-hydrogen) atoms. The monoisotopic (exact) mass is 409 g/mol. The number of carbonyl (C=O) groups excluding carboxylic acids is 2. The van der Waals surface area contributed by atoms with Crippen molar-refractivity contribution in [3.63, 3.8) is 0 Å². The lowest BCUT2D eigenvalue weighted by Gasteiger charge is -2.30. The van der Waals surface area contributed by atoms with Crippen molar-refractivity contribution in [2.45, 2.75) is 6.54 Å². The molecule has 0 spiro atoms. The van der Waals surface area contributed by atoms with E-state index in [0.717, 1.165) is 6.07 Å². The van der Waals surface area contributed by atoms with E-state index in [1.807, 2.05) is 0 Å². The number of ether oxygens (including phenoxy) is 1. The van der Waals surface area contributed by atoms with Crippen molar-refractivity contribution in [2.24, 2.45) is 0 Å². The summed E-state index contributed by atoms with van der Waals surface area (Å²) in [4.78, 5) is 50.7. The van der Waals surface area contributed by atoms with Crippen molar-refractivity contribution in [2.75, 3.05) is 26.7 Å². The molecule has 0 atom stereocenters. The van der Waals surface area contributed by atoms with Gasteiger partial charge in [-0.1, -0.05) is 12.1 Å². The highest BCUT2D eigenvalue weighted by molar-refractivity contribution is 5.94. The standard InChI is InChI=1S/C21H19N3O6/c1-29-19-12-24-9-8-23(21(28)14(24)10-16(19)26)7-6-22-20(27)18-11-15(25)13-4-2-3-5-17(13)30-18/h2-5,10-12H,6-9H2,1H3,(H,22,27). The van der Waals surface area contributed by atoms with Crippen molar-refractivity contribution < 1.29 is 18.7 Å². The van der Waals surface area contributed by atoms with Crippen LogP contribution in [0.15, 0.2) is 56.6 Å². The third kappa shape index (κ3) is 3.57. The quantitative estimate of drug-likeness (QED) is 0.669. The summed E-state index contributed by atoms with van der Waals surface area (Å²) in [5.74, 6) is -0.743. The second kappa shape index (κ2) is 7.86. The maximum absolute atomic E-state index is 12.7. The van der Waals surface area contributed by atoms with Crippen LogP contribution in [0.3, 0.4) is 0 Å². The third-order valence-corrected chi connectivity index (χ3v) is 4.96. The molecule has 1 aromatic carbocycles. The van der Waals surface area contributed by atoms with Gasteiger partial charge in [0.15, 0.2) is 16.9 Å². The number of nitrogens with one attached hydrogen (secondary N) is 1. The Labute approximate surface area is 170 Å². The van der Waals surface area contributed by atoms with Gasteiger partial charge in [0.25, 0.3) is 11.8 Å². The number of pyridine rings is 1. The van der Waals surface area contributed by atoms with E-state index in [-0.39, 0.29) is 47.1 Å². The molecule has 154 valence electrons. The molecule has 0 fully saturated rings. The number of rotatable bonds is 5. The Bertz CT molecular complexity index is 1260. The Hall–Kier alpha value is -3.88. The second-order valence-corrected chi connectivity index (χ2v) is 6.80. The van der Waals surface area contributed by atoms with Crippen LogP contribution >= 0.6 is 0 Å². The van der Waals surface area contributed by atoms with Gasteiger partial charge in [0.2, 0.25) is 5.43 Å². The van der Waals surface area contributed by atoms with Crippen LogP contribution in [0.4, 0.5) is 0 Å². The van der Waals surface area contributed by atoms with Crippen LogP contribution in [0, 0.1) is 0 Å². The molecule has 0 bridgehead atoms. The predicted octanol–water partition coefficient (Wildman–Crippen LogP) is 0.849. The van der Waals surface area contributed by atoms with Gasteiger partial charge >= 0.3 is 0 Å². The first kappa shape index (κ1) is 19.4. The van der Waals surface area contributed by atoms with Crippen LogP contribution in [-0.4, -0.2) is 48.0 Å². The fourth-order valence-corrected chi connectivity index (χ4v) is 3.39. The van der Waals surface area contributed by atoms with E-state index in [1.165, 1.54) is 19.4 Å². The fourth-order valence-electron chi connectivity index (χ4n) is 3.39. The first-order valence-corrected chi connectivity index (χ1v) is 9.37. The van der Waals surface area contributed by atoms with E-state index in [2.05, 4.69) is 5.32 Å². The van der Waals surface area contributed by atoms with Gasteiger partial charge in [0.05, 0.1) is 18.7 Å². The molecule has 2 aromatic heterocycles. The summed E-state index contributed by atoms with van der Waals surface area (Å²) in [6, 6.07) is 9.10. The Morgan fingerprint density at radius 1 is 1.13 bits per heavy atom. The molecular formula is C21H19N3O6. The average Bonchev–Trinajstić information content (AvgIpc) is 2.75. The number of carbonyl (C=O) groups is 2. The first-order valence-electron chi connectivity index (χ1n) is 9.37. The minimum atomic E-state index is -0.538. The second-order valence-electron chi connectivity index (χ2n) is 6.80. The summed E-state index contributed by atoms with van der Waals surface area (Å²) in [6.45, 7) is 1.36. The smallest absolute Gasteiger partial charge is 0.287 e. The maximum Gasteiger partial charge on any atom is 0.287 e. The largest absolute Gasteiger partial charge is 0.491 e. The van der Waals surface area contributed by atoms with Crippen molar-refractivity contribution in [1.82, 2.24) is 14.8 Å². The van der Waals surface area contributed by atoms with Crippen LogP contribution < -0.4 is 20.9 Å². The molecule has 9 nitrogen and oxygen atoms in total. The number of amides is 2. The minimum absolute atomic E-state index is 0.0901. The predicted molar refractivity (Wildman–Crippen MR) is 108 cm³/mol. The Kier molecular flexibility index (Phi) is 5.09. The van der Waals surface area contributed by atoms with Crippen molar-refractivity contribution in [3.8, 4) is 5.75 Å². The van der Waals surface area contributed by atoms with Crippen LogP contribution in [0.5, 0.6) is 5.75 Å². The van der Waals surface area contributed by atoms with Crippen molar-refractivity contribution in [1.29, 1.82) is 0 Å². The van der Waals surface area contributed by atoms with Crippen molar-refractivity contribution >= 4 is 22.8 Å². The Morgan fingerprint density at radius 2 is 1.93 bits per heavy atom. The zero-order valence-corrected chi connectivity index (χ0v) is 16.2. The van der Waals surface area contributed by atoms with E-state index in [1.54, 1.807) is 33.7 Å². The molecule has 3 aromatic rings. The van der Waals surface area contributed by atoms with Crippen LogP contribution in [0.2, 0.25) is 0 Å². The van der Waals surface area contributed by atoms with E-state index >= 15 is 0 Å². The molecule has 2 amide bonds. The third-order valence-electron chi connectivity index (χ3n) is 4.96. The van der Waals surface area contributed by atoms with Gasteiger partial charge in [-0.2, -0.15) is 0 Å². The minimum Gasteiger partial charge on any atom is -0.491 e. The molecule has 1 aliphatic heterocycles. The number of hydrogen-bond acceptors (Lipinski definition) is 6. The summed E-state index contributed by atoms with van der Waals surface area (Å²) in [5, 5.41) is 3.06. The lowest BCUT2D eigenvalue weighted by molar-refractivity contribution is 0.0695. The lowest BCUT2D eigenvalue weighted by atomic mass is 10.2. The van der Waals surface area contributed by atoms with Gasteiger partial charge in [0.1, 0.15) is 11.3 Å². The topological polar surface area (TPSA) is 111 Å². The molecule has 4 rings (SSSR count). The molecule has 0 saturated heterocycles. The molecule has 0 aliphatic carbocycles. The van der Waals surface area contributed by atoms with E-state index in [4.69, 9.17) is 9.15 Å². The number of para-hydroxylation sites is 1. The van der Waals surface area contributed by atoms with Gasteiger partial charge in [-0.3, -0.25) is 19.2 Å². The van der Waals surface area contributed by atoms with Crippen LogP contribution in [0.25, 0.3) is 11.0 Å². The van der Waals surface area contributed by atoms with Gasteiger partial charge in [-0.25, -0.2) is 0 Å². The zero-order chi connectivity index (χ0) is 21.3. The molecular weight excluding hydrogens is 390 g/mol. The van der Waals surface area contributed by atoms with E-state index in [9.17, 15) is 19.2 Å². The summed E-state index contributed by atoms with van der Waals surface area (Å²) in [5.41, 5.74) is -0.0537. The van der Waals surface area contributed by atoms with Gasteiger partial charge in [0, 0.05) is 38.3 Å². The first-order chi connectivity index (χ1) is 14.5. The van der Waals surface area contributed by atoms with Gasteiger partial charge in [-0.05, 0) is 12.1 Å². The number of hydrogen-bond donors (Lipinski definition) is 1. The fraction of sp³-hybridized carbons (Fsp3) is 0.238. The van der Waals surface area contributed by atoms with Crippen LogP contribution in [0.1, 0.15) is 21.0 Å². The summed E-state index contributed by atoms with van der Waals surface area (Å²) in [7, 11) is 1.40.